The number of nitro benzene ring substituents is 1. The number of aliphatic carboxylic acids is 1. The van der Waals surface area contributed by atoms with Crippen molar-refractivity contribution in [2.75, 3.05) is 11.4 Å². The highest BCUT2D eigenvalue weighted by Crippen LogP contribution is 2.36. The zero-order valence-corrected chi connectivity index (χ0v) is 12.8. The molecule has 0 atom stereocenters. The van der Waals surface area contributed by atoms with Crippen LogP contribution < -0.4 is 4.90 Å². The van der Waals surface area contributed by atoms with E-state index in [-0.39, 0.29) is 15.8 Å². The van der Waals surface area contributed by atoms with Gasteiger partial charge in [-0.25, -0.2) is 4.39 Å². The Bertz CT molecular complexity index is 557. The first-order chi connectivity index (χ1) is 9.04. The molecule has 110 valence electrons. The van der Waals surface area contributed by atoms with Crippen LogP contribution >= 0.6 is 15.9 Å². The summed E-state index contributed by atoms with van der Waals surface area (Å²) in [7, 11) is 0. The fraction of sp³-hybridized carbons (Fsp3) is 0.417. The van der Waals surface area contributed by atoms with Crippen LogP contribution in [0.25, 0.3) is 0 Å². The standard InChI is InChI=1S/C12H14BrFN2O4/c1-12(2,3)15(6-11(17)18)9-5-8(14)7(13)4-10(9)16(19)20/h4-5H,6H2,1-3H3,(H,17,18). The molecule has 1 N–H and O–H groups in total. The highest BCUT2D eigenvalue weighted by molar-refractivity contribution is 9.10. The smallest absolute Gasteiger partial charge is 0.323 e. The van der Waals surface area contributed by atoms with Gasteiger partial charge in [-0.3, -0.25) is 14.9 Å². The minimum absolute atomic E-state index is 0.0443. The van der Waals surface area contributed by atoms with E-state index in [0.29, 0.717) is 0 Å². The SMILES string of the molecule is CC(C)(C)N(CC(=O)O)c1cc(F)c(Br)cc1[N+](=O)[O-]. The maximum atomic E-state index is 13.7. The number of rotatable bonds is 4. The first-order valence-electron chi connectivity index (χ1n) is 5.67. The first kappa shape index (κ1) is 16.4. The van der Waals surface area contributed by atoms with Crippen molar-refractivity contribution < 1.29 is 19.2 Å². The van der Waals surface area contributed by atoms with Gasteiger partial charge in [0.25, 0.3) is 5.69 Å². The second-order valence-electron chi connectivity index (χ2n) is 5.16. The van der Waals surface area contributed by atoms with E-state index in [2.05, 4.69) is 15.9 Å². The van der Waals surface area contributed by atoms with E-state index < -0.39 is 28.8 Å². The molecule has 0 aliphatic heterocycles. The number of nitrogens with zero attached hydrogens (tertiary/aromatic N) is 2. The van der Waals surface area contributed by atoms with Crippen molar-refractivity contribution in [1.29, 1.82) is 0 Å². The Morgan fingerprint density at radius 2 is 2.05 bits per heavy atom. The zero-order chi connectivity index (χ0) is 15.7. The maximum Gasteiger partial charge on any atom is 0.323 e. The molecule has 20 heavy (non-hydrogen) atoms. The van der Waals surface area contributed by atoms with E-state index in [4.69, 9.17) is 5.11 Å². The van der Waals surface area contributed by atoms with Gasteiger partial charge in [0.1, 0.15) is 18.0 Å². The van der Waals surface area contributed by atoms with Gasteiger partial charge in [-0.1, -0.05) is 0 Å². The summed E-state index contributed by atoms with van der Waals surface area (Å²) >= 11 is 2.88. The van der Waals surface area contributed by atoms with E-state index in [1.54, 1.807) is 20.8 Å². The highest BCUT2D eigenvalue weighted by atomic mass is 79.9. The molecule has 0 radical (unpaired) electrons. The minimum atomic E-state index is -1.16. The number of hydrogen-bond donors (Lipinski definition) is 1. The summed E-state index contributed by atoms with van der Waals surface area (Å²) < 4.78 is 13.6. The Hall–Kier alpha value is -1.70. The van der Waals surface area contributed by atoms with Crippen LogP contribution in [0.15, 0.2) is 16.6 Å². The van der Waals surface area contributed by atoms with Crippen molar-refractivity contribution in [3.05, 3.63) is 32.5 Å². The summed E-state index contributed by atoms with van der Waals surface area (Å²) in [5.41, 5.74) is -1.14. The topological polar surface area (TPSA) is 83.7 Å². The molecule has 0 unspecified atom stereocenters. The van der Waals surface area contributed by atoms with Gasteiger partial charge < -0.3 is 10.0 Å². The number of halogens is 2. The van der Waals surface area contributed by atoms with E-state index in [9.17, 15) is 19.3 Å². The van der Waals surface area contributed by atoms with Crippen LogP contribution in [0.2, 0.25) is 0 Å². The van der Waals surface area contributed by atoms with Crippen molar-refractivity contribution in [1.82, 2.24) is 0 Å². The molecule has 6 nitrogen and oxygen atoms in total. The Kier molecular flexibility index (Phi) is 4.69. The lowest BCUT2D eigenvalue weighted by Gasteiger charge is -2.36. The number of carbonyl (C=O) groups is 1. The zero-order valence-electron chi connectivity index (χ0n) is 11.2. The Balaban J connectivity index is 3.50. The Labute approximate surface area is 123 Å². The van der Waals surface area contributed by atoms with Gasteiger partial charge in [-0.2, -0.15) is 0 Å². The largest absolute Gasteiger partial charge is 0.480 e. The summed E-state index contributed by atoms with van der Waals surface area (Å²) in [5, 5.41) is 20.0. The van der Waals surface area contributed by atoms with Gasteiger partial charge in [0.15, 0.2) is 0 Å². The van der Waals surface area contributed by atoms with Gasteiger partial charge in [0.2, 0.25) is 0 Å². The third-order valence-electron chi connectivity index (χ3n) is 2.61. The van der Waals surface area contributed by atoms with Crippen molar-refractivity contribution in [3.63, 3.8) is 0 Å². The minimum Gasteiger partial charge on any atom is -0.480 e. The number of carboxylic acid groups (broad SMARTS) is 1. The normalized spacial score (nSPS) is 11.2. The molecule has 0 heterocycles. The lowest BCUT2D eigenvalue weighted by molar-refractivity contribution is -0.384. The van der Waals surface area contributed by atoms with Crippen LogP contribution in [-0.4, -0.2) is 28.1 Å². The summed E-state index contributed by atoms with van der Waals surface area (Å²) in [6, 6.07) is 2.00. The lowest BCUT2D eigenvalue weighted by atomic mass is 10.0. The van der Waals surface area contributed by atoms with Crippen molar-refractivity contribution in [3.8, 4) is 0 Å². The van der Waals surface area contributed by atoms with Crippen molar-refractivity contribution >= 4 is 33.3 Å². The third kappa shape index (κ3) is 3.66. The monoisotopic (exact) mass is 348 g/mol. The van der Waals surface area contributed by atoms with Gasteiger partial charge in [0, 0.05) is 17.7 Å². The second-order valence-corrected chi connectivity index (χ2v) is 6.02. The average molecular weight is 349 g/mol. The number of hydrogen-bond acceptors (Lipinski definition) is 4. The lowest BCUT2D eigenvalue weighted by Crippen LogP contribution is -2.45. The molecule has 0 aliphatic rings. The number of nitro groups is 1. The van der Waals surface area contributed by atoms with E-state index in [1.165, 1.54) is 4.90 Å². The average Bonchev–Trinajstić information content (AvgIpc) is 2.27. The van der Waals surface area contributed by atoms with Gasteiger partial charge in [-0.15, -0.1) is 0 Å². The molecule has 1 aromatic rings. The molecule has 0 saturated heterocycles. The van der Waals surface area contributed by atoms with Gasteiger partial charge >= 0.3 is 5.97 Å². The molecule has 1 rings (SSSR count). The van der Waals surface area contributed by atoms with Gasteiger partial charge in [-0.05, 0) is 36.7 Å². The van der Waals surface area contributed by atoms with Gasteiger partial charge in [0.05, 0.1) is 9.40 Å². The maximum absolute atomic E-state index is 13.7. The number of anilines is 1. The second kappa shape index (κ2) is 5.74. The Morgan fingerprint density at radius 3 is 2.45 bits per heavy atom. The Morgan fingerprint density at radius 1 is 1.50 bits per heavy atom. The summed E-state index contributed by atoms with van der Waals surface area (Å²) in [5.74, 6) is -1.84. The fourth-order valence-corrected chi connectivity index (χ4v) is 2.04. The van der Waals surface area contributed by atoms with Crippen LogP contribution in [0, 0.1) is 15.9 Å². The molecule has 0 bridgehead atoms. The number of carboxylic acids is 1. The highest BCUT2D eigenvalue weighted by Gasteiger charge is 2.30. The van der Waals surface area contributed by atoms with Crippen molar-refractivity contribution in [2.24, 2.45) is 0 Å². The third-order valence-corrected chi connectivity index (χ3v) is 3.22. The summed E-state index contributed by atoms with van der Waals surface area (Å²) in [6.07, 6.45) is 0. The van der Waals surface area contributed by atoms with E-state index in [1.807, 2.05) is 0 Å². The van der Waals surface area contributed by atoms with Crippen molar-refractivity contribution in [2.45, 2.75) is 26.3 Å². The summed E-state index contributed by atoms with van der Waals surface area (Å²) in [6.45, 7) is 4.62. The molecular weight excluding hydrogens is 335 g/mol. The van der Waals surface area contributed by atoms with E-state index in [0.717, 1.165) is 12.1 Å². The predicted molar refractivity (Wildman–Crippen MR) is 75.5 cm³/mol. The molecule has 0 aliphatic carbocycles. The van der Waals surface area contributed by atoms with Crippen LogP contribution in [0.4, 0.5) is 15.8 Å². The first-order valence-corrected chi connectivity index (χ1v) is 6.46. The number of benzene rings is 1. The molecular formula is C12H14BrFN2O4. The molecule has 0 amide bonds. The molecule has 8 heteroatoms. The predicted octanol–water partition coefficient (Wildman–Crippen LogP) is 3.19. The van der Waals surface area contributed by atoms with Crippen LogP contribution in [0.1, 0.15) is 20.8 Å². The molecule has 0 fully saturated rings. The van der Waals surface area contributed by atoms with Crippen LogP contribution in [0.3, 0.4) is 0 Å². The molecule has 0 aromatic heterocycles. The molecule has 0 spiro atoms. The van der Waals surface area contributed by atoms with Crippen LogP contribution in [0.5, 0.6) is 0 Å². The summed E-state index contributed by atoms with van der Waals surface area (Å²) in [4.78, 5) is 22.7. The molecule has 1 aromatic carbocycles. The fourth-order valence-electron chi connectivity index (χ4n) is 1.71. The molecule has 0 saturated carbocycles. The van der Waals surface area contributed by atoms with Crippen LogP contribution in [-0.2, 0) is 4.79 Å². The quantitative estimate of drug-likeness (QED) is 0.667. The van der Waals surface area contributed by atoms with E-state index >= 15 is 0 Å².